The van der Waals surface area contributed by atoms with Crippen LogP contribution in [0.3, 0.4) is 0 Å². The fraction of sp³-hybridized carbons (Fsp3) is 0.316. The summed E-state index contributed by atoms with van der Waals surface area (Å²) in [7, 11) is 1.54. The van der Waals surface area contributed by atoms with Gasteiger partial charge < -0.3 is 19.8 Å². The maximum atomic E-state index is 12.1. The summed E-state index contributed by atoms with van der Waals surface area (Å²) >= 11 is 6.44. The summed E-state index contributed by atoms with van der Waals surface area (Å²) in [4.78, 5) is 23.9. The van der Waals surface area contributed by atoms with Crippen molar-refractivity contribution in [3.63, 3.8) is 0 Å². The van der Waals surface area contributed by atoms with Crippen LogP contribution in [-0.2, 0) is 16.1 Å². The number of amides is 1. The smallest absolute Gasteiger partial charge is 0.249 e. The van der Waals surface area contributed by atoms with E-state index in [4.69, 9.17) is 21.1 Å². The highest BCUT2D eigenvalue weighted by molar-refractivity contribution is 6.34. The molecule has 1 aliphatic heterocycles. The molecular weight excluding hydrogens is 368 g/mol. The van der Waals surface area contributed by atoms with Crippen LogP contribution in [0.1, 0.15) is 18.5 Å². The van der Waals surface area contributed by atoms with Crippen molar-refractivity contribution < 1.29 is 14.3 Å². The fourth-order valence-electron chi connectivity index (χ4n) is 3.15. The first-order valence-electron chi connectivity index (χ1n) is 8.71. The lowest BCUT2D eigenvalue weighted by molar-refractivity contribution is -0.130. The number of carbonyl (C=O) groups excluding carboxylic acids is 1. The van der Waals surface area contributed by atoms with Crippen LogP contribution in [0.15, 0.2) is 30.6 Å². The minimum atomic E-state index is -0.330. The minimum absolute atomic E-state index is 0.0709. The Morgan fingerprint density at radius 2 is 2.26 bits per heavy atom. The molecule has 1 amide bonds. The number of fused-ring (bicyclic) bond motifs is 1. The number of hydrogen-bond acceptors (Lipinski definition) is 5. The molecule has 7 nitrogen and oxygen atoms in total. The van der Waals surface area contributed by atoms with Crippen LogP contribution in [0.5, 0.6) is 5.88 Å². The van der Waals surface area contributed by atoms with Crippen molar-refractivity contribution in [2.45, 2.75) is 25.5 Å². The van der Waals surface area contributed by atoms with E-state index < -0.39 is 0 Å². The van der Waals surface area contributed by atoms with Crippen LogP contribution in [0.25, 0.3) is 22.2 Å². The second-order valence-electron chi connectivity index (χ2n) is 6.38. The van der Waals surface area contributed by atoms with Gasteiger partial charge in [-0.2, -0.15) is 0 Å². The Kier molecular flexibility index (Phi) is 4.96. The van der Waals surface area contributed by atoms with Crippen molar-refractivity contribution in [1.82, 2.24) is 20.3 Å². The Morgan fingerprint density at radius 1 is 1.37 bits per heavy atom. The van der Waals surface area contributed by atoms with Crippen LogP contribution in [-0.4, -0.2) is 40.7 Å². The summed E-state index contributed by atoms with van der Waals surface area (Å²) in [6.45, 7) is 1.06. The van der Waals surface area contributed by atoms with E-state index in [1.54, 1.807) is 19.5 Å². The van der Waals surface area contributed by atoms with Crippen molar-refractivity contribution in [2.24, 2.45) is 0 Å². The Balaban J connectivity index is 1.54. The zero-order valence-electron chi connectivity index (χ0n) is 14.8. The molecule has 27 heavy (non-hydrogen) atoms. The lowest BCUT2D eigenvalue weighted by atomic mass is 10.1. The standard InChI is InChI=1S/C19H19ClN4O3/c1-26-18-10-21-16(9-22-18)13-7-15-11(6-14(13)20)5-12(24-15)8-23-19(25)17-3-2-4-27-17/h5-7,9-10,17,24H,2-4,8H2,1H3,(H,23,25). The van der Waals surface area contributed by atoms with Gasteiger partial charge in [0, 0.05) is 28.8 Å². The van der Waals surface area contributed by atoms with Crippen molar-refractivity contribution in [2.75, 3.05) is 13.7 Å². The van der Waals surface area contributed by atoms with Crippen LogP contribution in [0.2, 0.25) is 5.02 Å². The van der Waals surface area contributed by atoms with Crippen LogP contribution in [0.4, 0.5) is 0 Å². The van der Waals surface area contributed by atoms with Gasteiger partial charge >= 0.3 is 0 Å². The fourth-order valence-corrected chi connectivity index (χ4v) is 3.41. The quantitative estimate of drug-likeness (QED) is 0.703. The number of aromatic amines is 1. The number of carbonyl (C=O) groups is 1. The van der Waals surface area contributed by atoms with E-state index in [9.17, 15) is 4.79 Å². The predicted molar refractivity (Wildman–Crippen MR) is 102 cm³/mol. The molecule has 2 N–H and O–H groups in total. The third-order valence-corrected chi connectivity index (χ3v) is 4.87. The van der Waals surface area contributed by atoms with E-state index in [1.807, 2.05) is 18.2 Å². The topological polar surface area (TPSA) is 89.1 Å². The molecule has 1 fully saturated rings. The number of benzene rings is 1. The Morgan fingerprint density at radius 3 is 2.96 bits per heavy atom. The highest BCUT2D eigenvalue weighted by Gasteiger charge is 2.23. The number of ether oxygens (including phenoxy) is 2. The highest BCUT2D eigenvalue weighted by Crippen LogP contribution is 2.31. The molecule has 1 saturated heterocycles. The van der Waals surface area contributed by atoms with E-state index in [0.29, 0.717) is 29.7 Å². The van der Waals surface area contributed by atoms with Crippen molar-refractivity contribution in [1.29, 1.82) is 0 Å². The Bertz CT molecular complexity index is 965. The number of aromatic nitrogens is 3. The van der Waals surface area contributed by atoms with Crippen molar-refractivity contribution in [3.8, 4) is 17.1 Å². The average Bonchev–Trinajstić information content (AvgIpc) is 3.35. The summed E-state index contributed by atoms with van der Waals surface area (Å²) in [5, 5.41) is 4.45. The molecule has 2 aromatic heterocycles. The predicted octanol–water partition coefficient (Wildman–Crippen LogP) is 3.08. The van der Waals surface area contributed by atoms with Gasteiger partial charge in [-0.15, -0.1) is 0 Å². The number of hydrogen-bond donors (Lipinski definition) is 2. The number of rotatable bonds is 5. The second-order valence-corrected chi connectivity index (χ2v) is 6.78. The van der Waals surface area contributed by atoms with E-state index in [0.717, 1.165) is 35.0 Å². The molecule has 3 aromatic rings. The molecule has 0 saturated carbocycles. The molecule has 0 radical (unpaired) electrons. The maximum absolute atomic E-state index is 12.1. The first-order chi connectivity index (χ1) is 13.1. The van der Waals surface area contributed by atoms with Gasteiger partial charge in [0.1, 0.15) is 6.10 Å². The molecule has 3 heterocycles. The van der Waals surface area contributed by atoms with Crippen LogP contribution >= 0.6 is 11.6 Å². The number of H-pyrrole nitrogens is 1. The highest BCUT2D eigenvalue weighted by atomic mass is 35.5. The normalized spacial score (nSPS) is 16.6. The zero-order valence-corrected chi connectivity index (χ0v) is 15.5. The maximum Gasteiger partial charge on any atom is 0.249 e. The van der Waals surface area contributed by atoms with E-state index in [-0.39, 0.29) is 12.0 Å². The van der Waals surface area contributed by atoms with Gasteiger partial charge in [-0.25, -0.2) is 9.97 Å². The summed E-state index contributed by atoms with van der Waals surface area (Å²) in [6.07, 6.45) is 4.55. The monoisotopic (exact) mass is 386 g/mol. The van der Waals surface area contributed by atoms with Crippen LogP contribution < -0.4 is 10.1 Å². The Labute approximate surface area is 161 Å². The minimum Gasteiger partial charge on any atom is -0.480 e. The molecule has 1 aliphatic rings. The average molecular weight is 387 g/mol. The van der Waals surface area contributed by atoms with E-state index in [1.165, 1.54) is 0 Å². The number of methoxy groups -OCH3 is 1. The second kappa shape index (κ2) is 7.54. The van der Waals surface area contributed by atoms with Gasteiger partial charge in [-0.05, 0) is 31.0 Å². The molecule has 0 bridgehead atoms. The summed E-state index contributed by atoms with van der Waals surface area (Å²) in [5.74, 6) is 0.374. The Hall–Kier alpha value is -2.64. The van der Waals surface area contributed by atoms with E-state index >= 15 is 0 Å². The first-order valence-corrected chi connectivity index (χ1v) is 9.08. The molecule has 140 valence electrons. The van der Waals surface area contributed by atoms with Gasteiger partial charge in [0.2, 0.25) is 11.8 Å². The summed E-state index contributed by atoms with van der Waals surface area (Å²) < 4.78 is 10.4. The third kappa shape index (κ3) is 3.74. The summed E-state index contributed by atoms with van der Waals surface area (Å²) in [6, 6.07) is 5.78. The molecule has 1 atom stereocenters. The lowest BCUT2D eigenvalue weighted by Crippen LogP contribution is -2.33. The number of nitrogens with zero attached hydrogens (tertiary/aromatic N) is 2. The number of nitrogens with one attached hydrogen (secondary N) is 2. The molecule has 8 heteroatoms. The molecule has 1 unspecified atom stereocenters. The van der Waals surface area contributed by atoms with Gasteiger partial charge in [-0.3, -0.25) is 4.79 Å². The SMILES string of the molecule is COc1cnc(-c2cc3[nH]c(CNC(=O)C4CCCO4)cc3cc2Cl)cn1. The largest absolute Gasteiger partial charge is 0.480 e. The van der Waals surface area contributed by atoms with Crippen molar-refractivity contribution in [3.05, 3.63) is 41.3 Å². The van der Waals surface area contributed by atoms with Gasteiger partial charge in [0.25, 0.3) is 0 Å². The first kappa shape index (κ1) is 17.8. The summed E-state index contributed by atoms with van der Waals surface area (Å²) in [5.41, 5.74) is 3.24. The third-order valence-electron chi connectivity index (χ3n) is 4.55. The molecule has 4 rings (SSSR count). The zero-order chi connectivity index (χ0) is 18.8. The van der Waals surface area contributed by atoms with Crippen molar-refractivity contribution >= 4 is 28.4 Å². The molecule has 1 aromatic carbocycles. The number of halogens is 1. The van der Waals surface area contributed by atoms with Gasteiger partial charge in [-0.1, -0.05) is 11.6 Å². The molecule has 0 spiro atoms. The lowest BCUT2D eigenvalue weighted by Gasteiger charge is -2.09. The van der Waals surface area contributed by atoms with Gasteiger partial charge in [0.15, 0.2) is 0 Å². The molecular formula is C19H19ClN4O3. The van der Waals surface area contributed by atoms with E-state index in [2.05, 4.69) is 20.3 Å². The van der Waals surface area contributed by atoms with Gasteiger partial charge in [0.05, 0.1) is 36.8 Å². The van der Waals surface area contributed by atoms with Crippen LogP contribution in [0, 0.1) is 0 Å². The molecule has 0 aliphatic carbocycles.